The van der Waals surface area contributed by atoms with Gasteiger partial charge in [0.25, 0.3) is 0 Å². The monoisotopic (exact) mass is 510 g/mol. The summed E-state index contributed by atoms with van der Waals surface area (Å²) in [7, 11) is 0. The molecular formula is C22H30N4O10. The number of benzene rings is 1. The maximum absolute atomic E-state index is 12.9. The molecule has 198 valence electrons. The van der Waals surface area contributed by atoms with Crippen molar-refractivity contribution in [1.82, 2.24) is 16.0 Å². The molecule has 3 amide bonds. The van der Waals surface area contributed by atoms with Gasteiger partial charge in [0.1, 0.15) is 23.9 Å². The summed E-state index contributed by atoms with van der Waals surface area (Å²) in [5.74, 6) is -6.38. The van der Waals surface area contributed by atoms with Crippen LogP contribution < -0.4 is 21.7 Å². The summed E-state index contributed by atoms with van der Waals surface area (Å²) in [6, 6.07) is 0.507. The predicted octanol–water partition coefficient (Wildman–Crippen LogP) is -1.45. The quantitative estimate of drug-likeness (QED) is 0.136. The number of nitrogens with two attached hydrogens (primary N) is 1. The average Bonchev–Trinajstić information content (AvgIpc) is 2.80. The van der Waals surface area contributed by atoms with E-state index >= 15 is 0 Å². The summed E-state index contributed by atoms with van der Waals surface area (Å²) in [4.78, 5) is 70.5. The van der Waals surface area contributed by atoms with E-state index in [9.17, 15) is 39.0 Å². The lowest BCUT2D eigenvalue weighted by atomic mass is 10.0. The third kappa shape index (κ3) is 10.8. The minimum atomic E-state index is -1.49. The van der Waals surface area contributed by atoms with Gasteiger partial charge in [-0.1, -0.05) is 12.1 Å². The normalized spacial score (nSPS) is 13.9. The first-order chi connectivity index (χ1) is 16.8. The van der Waals surface area contributed by atoms with Gasteiger partial charge in [0.2, 0.25) is 17.7 Å². The molecule has 0 saturated heterocycles. The van der Waals surface area contributed by atoms with Gasteiger partial charge < -0.3 is 42.1 Å². The summed E-state index contributed by atoms with van der Waals surface area (Å²) >= 11 is 0. The second-order valence-electron chi connectivity index (χ2n) is 8.03. The van der Waals surface area contributed by atoms with E-state index in [0.717, 1.165) is 0 Å². The van der Waals surface area contributed by atoms with Crippen LogP contribution in [0.25, 0.3) is 0 Å². The number of carbonyl (C=O) groups excluding carboxylic acids is 3. The second kappa shape index (κ2) is 14.3. The minimum Gasteiger partial charge on any atom is -0.508 e. The van der Waals surface area contributed by atoms with Crippen molar-refractivity contribution in [3.8, 4) is 5.75 Å². The lowest BCUT2D eigenvalue weighted by Crippen LogP contribution is -2.56. The van der Waals surface area contributed by atoms with Gasteiger partial charge in [0, 0.05) is 19.3 Å². The molecule has 0 heterocycles. The predicted molar refractivity (Wildman–Crippen MR) is 123 cm³/mol. The largest absolute Gasteiger partial charge is 0.508 e. The Balaban J connectivity index is 2.92. The zero-order chi connectivity index (χ0) is 27.4. The number of hydrogen-bond donors (Lipinski definition) is 8. The number of nitrogens with one attached hydrogen (secondary N) is 3. The molecule has 14 heteroatoms. The van der Waals surface area contributed by atoms with Crippen LogP contribution in [0.3, 0.4) is 0 Å². The van der Waals surface area contributed by atoms with E-state index in [1.807, 2.05) is 0 Å². The molecule has 1 rings (SSSR count). The van der Waals surface area contributed by atoms with Crippen LogP contribution in [0.15, 0.2) is 24.3 Å². The van der Waals surface area contributed by atoms with Crippen LogP contribution in [0.4, 0.5) is 0 Å². The zero-order valence-electron chi connectivity index (χ0n) is 19.5. The molecule has 0 bridgehead atoms. The van der Waals surface area contributed by atoms with E-state index in [0.29, 0.717) is 5.56 Å². The van der Waals surface area contributed by atoms with E-state index in [4.69, 9.17) is 15.9 Å². The van der Waals surface area contributed by atoms with Crippen LogP contribution in [0.1, 0.15) is 38.2 Å². The molecule has 0 aromatic heterocycles. The molecule has 14 nitrogen and oxygen atoms in total. The molecule has 0 aliphatic rings. The molecule has 0 aliphatic heterocycles. The average molecular weight is 511 g/mol. The molecule has 9 N–H and O–H groups in total. The van der Waals surface area contributed by atoms with Gasteiger partial charge in [-0.15, -0.1) is 0 Å². The van der Waals surface area contributed by atoms with Gasteiger partial charge in [0.05, 0.1) is 6.04 Å². The van der Waals surface area contributed by atoms with Gasteiger partial charge in [-0.25, -0.2) is 4.79 Å². The van der Waals surface area contributed by atoms with Crippen LogP contribution in [-0.4, -0.2) is 80.2 Å². The Labute approximate surface area is 205 Å². The molecule has 0 aliphatic carbocycles. The van der Waals surface area contributed by atoms with Gasteiger partial charge in [-0.2, -0.15) is 0 Å². The van der Waals surface area contributed by atoms with Crippen molar-refractivity contribution in [3.63, 3.8) is 0 Å². The van der Waals surface area contributed by atoms with Crippen molar-refractivity contribution >= 4 is 35.6 Å². The van der Waals surface area contributed by atoms with Crippen LogP contribution >= 0.6 is 0 Å². The molecule has 1 aromatic carbocycles. The fraction of sp³-hybridized carbons (Fsp3) is 0.455. The van der Waals surface area contributed by atoms with Crippen molar-refractivity contribution in [2.75, 3.05) is 0 Å². The number of aliphatic carboxylic acids is 3. The SMILES string of the molecule is CC(NC(=O)C(Cc1ccc(O)cc1)NC(=O)C(N)CCC(=O)O)C(=O)NC(CCC(=O)O)C(=O)O. The number of carboxylic acids is 3. The number of amides is 3. The highest BCUT2D eigenvalue weighted by atomic mass is 16.4. The van der Waals surface area contributed by atoms with Gasteiger partial charge in [-0.3, -0.25) is 24.0 Å². The Kier molecular flexibility index (Phi) is 11.8. The summed E-state index contributed by atoms with van der Waals surface area (Å²) in [5.41, 5.74) is 6.24. The van der Waals surface area contributed by atoms with Crippen LogP contribution in [0, 0.1) is 0 Å². The van der Waals surface area contributed by atoms with Crippen LogP contribution in [-0.2, 0) is 35.2 Å². The zero-order valence-corrected chi connectivity index (χ0v) is 19.5. The number of carbonyl (C=O) groups is 6. The number of hydrogen-bond acceptors (Lipinski definition) is 8. The molecule has 4 unspecified atom stereocenters. The molecule has 0 fully saturated rings. The van der Waals surface area contributed by atoms with E-state index in [-0.39, 0.29) is 31.4 Å². The summed E-state index contributed by atoms with van der Waals surface area (Å²) in [6.07, 6.45) is -1.49. The number of carboxylic acid groups (broad SMARTS) is 3. The smallest absolute Gasteiger partial charge is 0.326 e. The molecule has 4 atom stereocenters. The van der Waals surface area contributed by atoms with E-state index in [2.05, 4.69) is 16.0 Å². The van der Waals surface area contributed by atoms with E-state index in [1.165, 1.54) is 31.2 Å². The standard InChI is InChI=1S/C22H30N4O10/c1-11(19(32)25-15(22(35)36)7-9-18(30)31)24-21(34)16(10-12-2-4-13(27)5-3-12)26-20(33)14(23)6-8-17(28)29/h2-5,11,14-16,27H,6-10,23H2,1H3,(H,24,34)(H,25,32)(H,26,33)(H,28,29)(H,30,31)(H,35,36). The Morgan fingerprint density at radius 2 is 1.31 bits per heavy atom. The highest BCUT2D eigenvalue weighted by Crippen LogP contribution is 2.12. The van der Waals surface area contributed by atoms with Gasteiger partial charge in [-0.05, 0) is 37.5 Å². The third-order valence-electron chi connectivity index (χ3n) is 5.03. The van der Waals surface area contributed by atoms with Crippen molar-refractivity contribution in [2.45, 2.75) is 63.2 Å². The summed E-state index contributed by atoms with van der Waals surface area (Å²) < 4.78 is 0. The maximum atomic E-state index is 12.9. The fourth-order valence-electron chi connectivity index (χ4n) is 2.97. The van der Waals surface area contributed by atoms with Gasteiger partial charge in [0.15, 0.2) is 0 Å². The third-order valence-corrected chi connectivity index (χ3v) is 5.03. The first-order valence-electron chi connectivity index (χ1n) is 10.9. The highest BCUT2D eigenvalue weighted by molar-refractivity contribution is 5.94. The Hall–Kier alpha value is -4.20. The summed E-state index contributed by atoms with van der Waals surface area (Å²) in [5, 5.41) is 43.1. The number of phenolic OH excluding ortho intramolecular Hbond substituents is 1. The first kappa shape index (κ1) is 29.8. The van der Waals surface area contributed by atoms with Crippen LogP contribution in [0.2, 0.25) is 0 Å². The second-order valence-corrected chi connectivity index (χ2v) is 8.03. The lowest BCUT2D eigenvalue weighted by molar-refractivity contribution is -0.143. The molecule has 0 saturated carbocycles. The Morgan fingerprint density at radius 3 is 1.83 bits per heavy atom. The summed E-state index contributed by atoms with van der Waals surface area (Å²) in [6.45, 7) is 1.27. The van der Waals surface area contributed by atoms with E-state index in [1.54, 1.807) is 0 Å². The van der Waals surface area contributed by atoms with Crippen molar-refractivity contribution in [1.29, 1.82) is 0 Å². The maximum Gasteiger partial charge on any atom is 0.326 e. The highest BCUT2D eigenvalue weighted by Gasteiger charge is 2.29. The van der Waals surface area contributed by atoms with E-state index < -0.39 is 66.2 Å². The number of aromatic hydroxyl groups is 1. The van der Waals surface area contributed by atoms with Crippen molar-refractivity contribution in [2.24, 2.45) is 5.73 Å². The molecule has 0 radical (unpaired) electrons. The first-order valence-corrected chi connectivity index (χ1v) is 10.9. The molecular weight excluding hydrogens is 480 g/mol. The van der Waals surface area contributed by atoms with Crippen LogP contribution in [0.5, 0.6) is 5.75 Å². The van der Waals surface area contributed by atoms with Crippen molar-refractivity contribution < 1.29 is 49.2 Å². The molecule has 1 aromatic rings. The Bertz CT molecular complexity index is 966. The minimum absolute atomic E-state index is 0.0272. The topological polar surface area (TPSA) is 245 Å². The molecule has 0 spiro atoms. The van der Waals surface area contributed by atoms with Gasteiger partial charge >= 0.3 is 17.9 Å². The number of phenols is 1. The fourth-order valence-corrected chi connectivity index (χ4v) is 2.97. The lowest BCUT2D eigenvalue weighted by Gasteiger charge is -2.23. The van der Waals surface area contributed by atoms with Crippen molar-refractivity contribution in [3.05, 3.63) is 29.8 Å². The molecule has 36 heavy (non-hydrogen) atoms. The Morgan fingerprint density at radius 1 is 0.778 bits per heavy atom. The number of rotatable bonds is 15.